The molecule has 0 unspecified atom stereocenters. The fourth-order valence-corrected chi connectivity index (χ4v) is 3.55. The highest BCUT2D eigenvalue weighted by Crippen LogP contribution is 2.19. The molecule has 4 rings (SSSR count). The van der Waals surface area contributed by atoms with Gasteiger partial charge in [0, 0.05) is 43.3 Å². The third kappa shape index (κ3) is 3.70. The maximum atomic E-state index is 6.16. The molecule has 3 heterocycles. The fraction of sp³-hybridized carbons (Fsp3) is 0.278. The summed E-state index contributed by atoms with van der Waals surface area (Å²) in [5, 5.41) is 3.07. The maximum Gasteiger partial charge on any atom is 0.226 e. The number of rotatable bonds is 4. The molecule has 0 saturated carbocycles. The average Bonchev–Trinajstić information content (AvgIpc) is 3.39. The zero-order valence-electron chi connectivity index (χ0n) is 14.3. The van der Waals surface area contributed by atoms with Crippen LogP contribution in [0.15, 0.2) is 57.6 Å². The van der Waals surface area contributed by atoms with Crippen molar-refractivity contribution in [3.05, 3.63) is 53.9 Å². The number of nitrogens with zero attached hydrogens (tertiary/aromatic N) is 5. The lowest BCUT2D eigenvalue weighted by atomic mass is 10.2. The Kier molecular flexibility index (Phi) is 4.83. The fourth-order valence-electron chi connectivity index (χ4n) is 2.85. The number of aromatic nitrogens is 2. The number of piperazine rings is 1. The normalized spacial score (nSPS) is 15.5. The molecular weight excluding hydrogens is 348 g/mol. The summed E-state index contributed by atoms with van der Waals surface area (Å²) in [6.45, 7) is 3.87. The Hall–Kier alpha value is -2.87. The quantitative estimate of drug-likeness (QED) is 0.562. The Balaban J connectivity index is 1.34. The van der Waals surface area contributed by atoms with Crippen LogP contribution >= 0.6 is 11.3 Å². The SMILES string of the molecule is NC(=NCc1coc(-c2ccccc2)n1)N1CCN(c2nccs2)CC1. The summed E-state index contributed by atoms with van der Waals surface area (Å²) < 4.78 is 5.54. The Morgan fingerprint density at radius 2 is 2.00 bits per heavy atom. The van der Waals surface area contributed by atoms with Crippen molar-refractivity contribution in [3.8, 4) is 11.5 Å². The van der Waals surface area contributed by atoms with Crippen LogP contribution in [0.1, 0.15) is 5.69 Å². The number of hydrogen-bond donors (Lipinski definition) is 1. The van der Waals surface area contributed by atoms with Gasteiger partial charge in [-0.05, 0) is 12.1 Å². The second kappa shape index (κ2) is 7.57. The van der Waals surface area contributed by atoms with Gasteiger partial charge in [0.2, 0.25) is 5.89 Å². The van der Waals surface area contributed by atoms with Crippen LogP contribution in [0.3, 0.4) is 0 Å². The zero-order valence-corrected chi connectivity index (χ0v) is 15.1. The van der Waals surface area contributed by atoms with Crippen molar-refractivity contribution in [1.29, 1.82) is 0 Å². The van der Waals surface area contributed by atoms with E-state index in [1.807, 2.05) is 41.9 Å². The topological polar surface area (TPSA) is 83.8 Å². The van der Waals surface area contributed by atoms with Gasteiger partial charge in [-0.2, -0.15) is 0 Å². The number of aliphatic imine (C=N–C) groups is 1. The van der Waals surface area contributed by atoms with E-state index >= 15 is 0 Å². The average molecular weight is 368 g/mol. The van der Waals surface area contributed by atoms with Crippen LogP contribution in [0, 0.1) is 0 Å². The van der Waals surface area contributed by atoms with Gasteiger partial charge in [0.25, 0.3) is 0 Å². The van der Waals surface area contributed by atoms with Crippen molar-refractivity contribution in [2.75, 3.05) is 31.1 Å². The number of nitrogens with two attached hydrogens (primary N) is 1. The predicted molar refractivity (Wildman–Crippen MR) is 103 cm³/mol. The Labute approximate surface area is 155 Å². The lowest BCUT2D eigenvalue weighted by molar-refractivity contribution is 0.380. The third-order valence-electron chi connectivity index (χ3n) is 4.27. The first kappa shape index (κ1) is 16.6. The lowest BCUT2D eigenvalue weighted by Gasteiger charge is -2.35. The minimum atomic E-state index is 0.412. The Morgan fingerprint density at radius 1 is 1.19 bits per heavy atom. The molecule has 3 aromatic rings. The molecule has 1 aliphatic rings. The van der Waals surface area contributed by atoms with Gasteiger partial charge in [0.15, 0.2) is 11.1 Å². The molecule has 1 aromatic carbocycles. The van der Waals surface area contributed by atoms with Crippen LogP contribution in [0.25, 0.3) is 11.5 Å². The first-order valence-corrected chi connectivity index (χ1v) is 9.37. The standard InChI is InChI=1S/C18H20N6OS/c19-17(23-7-9-24(10-8-23)18-20-6-11-26-18)21-12-15-13-25-16(22-15)14-4-2-1-3-5-14/h1-6,11,13H,7-10,12H2,(H2,19,21). The van der Waals surface area contributed by atoms with Gasteiger partial charge in [-0.15, -0.1) is 11.3 Å². The van der Waals surface area contributed by atoms with Crippen molar-refractivity contribution >= 4 is 22.4 Å². The summed E-state index contributed by atoms with van der Waals surface area (Å²) in [6, 6.07) is 9.82. The molecule has 0 amide bonds. The van der Waals surface area contributed by atoms with Crippen molar-refractivity contribution in [1.82, 2.24) is 14.9 Å². The molecule has 0 spiro atoms. The lowest BCUT2D eigenvalue weighted by Crippen LogP contribution is -2.51. The molecule has 2 N–H and O–H groups in total. The Bertz CT molecular complexity index is 853. The summed E-state index contributed by atoms with van der Waals surface area (Å²) >= 11 is 1.66. The Morgan fingerprint density at radius 3 is 2.73 bits per heavy atom. The number of thiazole rings is 1. The molecule has 0 atom stereocenters. The van der Waals surface area contributed by atoms with Gasteiger partial charge in [0.05, 0.1) is 6.54 Å². The van der Waals surface area contributed by atoms with Gasteiger partial charge in [0.1, 0.15) is 12.0 Å². The van der Waals surface area contributed by atoms with Gasteiger partial charge in [-0.25, -0.2) is 15.0 Å². The second-order valence-electron chi connectivity index (χ2n) is 5.97. The minimum Gasteiger partial charge on any atom is -0.444 e. The second-order valence-corrected chi connectivity index (χ2v) is 6.85. The molecule has 7 nitrogen and oxygen atoms in total. The summed E-state index contributed by atoms with van der Waals surface area (Å²) in [5.41, 5.74) is 7.89. The van der Waals surface area contributed by atoms with E-state index in [4.69, 9.17) is 10.2 Å². The highest BCUT2D eigenvalue weighted by molar-refractivity contribution is 7.13. The summed E-state index contributed by atoms with van der Waals surface area (Å²) in [7, 11) is 0. The van der Waals surface area contributed by atoms with Gasteiger partial charge in [-0.1, -0.05) is 18.2 Å². The summed E-state index contributed by atoms with van der Waals surface area (Å²) in [4.78, 5) is 17.7. The van der Waals surface area contributed by atoms with E-state index in [0.717, 1.165) is 42.6 Å². The van der Waals surface area contributed by atoms with E-state index in [1.54, 1.807) is 17.6 Å². The van der Waals surface area contributed by atoms with Crippen LogP contribution in [0.2, 0.25) is 0 Å². The predicted octanol–water partition coefficient (Wildman–Crippen LogP) is 2.44. The monoisotopic (exact) mass is 368 g/mol. The van der Waals surface area contributed by atoms with Crippen LogP contribution in [-0.4, -0.2) is 47.0 Å². The van der Waals surface area contributed by atoms with Gasteiger partial charge in [-0.3, -0.25) is 0 Å². The number of guanidine groups is 1. The van der Waals surface area contributed by atoms with Gasteiger partial charge < -0.3 is 20.0 Å². The van der Waals surface area contributed by atoms with E-state index in [-0.39, 0.29) is 0 Å². The molecule has 8 heteroatoms. The van der Waals surface area contributed by atoms with Crippen molar-refractivity contribution in [2.24, 2.45) is 10.7 Å². The molecule has 2 aromatic heterocycles. The molecule has 1 fully saturated rings. The number of oxazole rings is 1. The maximum absolute atomic E-state index is 6.16. The molecule has 1 aliphatic heterocycles. The number of anilines is 1. The van der Waals surface area contributed by atoms with Crippen LogP contribution < -0.4 is 10.6 Å². The molecule has 1 saturated heterocycles. The molecule has 0 aliphatic carbocycles. The van der Waals surface area contributed by atoms with E-state index < -0.39 is 0 Å². The molecule has 0 radical (unpaired) electrons. The minimum absolute atomic E-state index is 0.412. The molecular formula is C18H20N6OS. The van der Waals surface area contributed by atoms with Crippen molar-refractivity contribution in [3.63, 3.8) is 0 Å². The van der Waals surface area contributed by atoms with Gasteiger partial charge >= 0.3 is 0 Å². The third-order valence-corrected chi connectivity index (χ3v) is 5.10. The number of hydrogen-bond acceptors (Lipinski definition) is 6. The largest absolute Gasteiger partial charge is 0.444 e. The van der Waals surface area contributed by atoms with Crippen LogP contribution in [0.5, 0.6) is 0 Å². The number of benzene rings is 1. The smallest absolute Gasteiger partial charge is 0.226 e. The van der Waals surface area contributed by atoms with E-state index in [2.05, 4.69) is 24.8 Å². The van der Waals surface area contributed by atoms with Crippen molar-refractivity contribution in [2.45, 2.75) is 6.54 Å². The van der Waals surface area contributed by atoms with Crippen molar-refractivity contribution < 1.29 is 4.42 Å². The highest BCUT2D eigenvalue weighted by atomic mass is 32.1. The van der Waals surface area contributed by atoms with Crippen LogP contribution in [0.4, 0.5) is 5.13 Å². The van der Waals surface area contributed by atoms with E-state index in [0.29, 0.717) is 18.4 Å². The first-order chi connectivity index (χ1) is 12.8. The molecule has 0 bridgehead atoms. The molecule has 26 heavy (non-hydrogen) atoms. The zero-order chi connectivity index (χ0) is 17.8. The van der Waals surface area contributed by atoms with E-state index in [1.165, 1.54) is 0 Å². The molecule has 134 valence electrons. The van der Waals surface area contributed by atoms with E-state index in [9.17, 15) is 0 Å². The summed E-state index contributed by atoms with van der Waals surface area (Å²) in [6.07, 6.45) is 3.48. The van der Waals surface area contributed by atoms with Crippen LogP contribution in [-0.2, 0) is 6.54 Å². The summed E-state index contributed by atoms with van der Waals surface area (Å²) in [5.74, 6) is 1.15. The highest BCUT2D eigenvalue weighted by Gasteiger charge is 2.19. The first-order valence-electron chi connectivity index (χ1n) is 8.49.